The Labute approximate surface area is 109 Å². The summed E-state index contributed by atoms with van der Waals surface area (Å²) in [5.74, 6) is 3.24. The molecule has 2 fully saturated rings. The standard InChI is InChI=1S/C12H13ClN2OS/c13-11-8-4-17-5-9(8)14-12(15-11)7-3-6-1-2-10(7)16-6/h6-7,10H,1-5H2. The molecule has 17 heavy (non-hydrogen) atoms. The normalized spacial score (nSPS) is 34.3. The molecule has 0 aliphatic carbocycles. The van der Waals surface area contributed by atoms with Gasteiger partial charge in [-0.1, -0.05) is 11.6 Å². The zero-order chi connectivity index (χ0) is 11.4. The Morgan fingerprint density at radius 2 is 2.18 bits per heavy atom. The third kappa shape index (κ3) is 1.61. The number of rotatable bonds is 1. The summed E-state index contributed by atoms with van der Waals surface area (Å²) < 4.78 is 5.87. The van der Waals surface area contributed by atoms with Gasteiger partial charge in [0.15, 0.2) is 0 Å². The molecule has 3 unspecified atom stereocenters. The zero-order valence-electron chi connectivity index (χ0n) is 9.36. The van der Waals surface area contributed by atoms with Crippen LogP contribution in [0.2, 0.25) is 5.15 Å². The van der Waals surface area contributed by atoms with E-state index >= 15 is 0 Å². The highest BCUT2D eigenvalue weighted by molar-refractivity contribution is 7.98. The summed E-state index contributed by atoms with van der Waals surface area (Å²) in [5.41, 5.74) is 2.29. The molecule has 1 aromatic rings. The van der Waals surface area contributed by atoms with E-state index in [4.69, 9.17) is 21.3 Å². The summed E-state index contributed by atoms with van der Waals surface area (Å²) in [5, 5.41) is 0.665. The van der Waals surface area contributed by atoms with Gasteiger partial charge in [-0.15, -0.1) is 0 Å². The van der Waals surface area contributed by atoms with Crippen LogP contribution < -0.4 is 0 Å². The van der Waals surface area contributed by atoms with Crippen LogP contribution in [0.4, 0.5) is 0 Å². The molecule has 0 N–H and O–H groups in total. The first-order valence-corrected chi connectivity index (χ1v) is 7.63. The zero-order valence-corrected chi connectivity index (χ0v) is 10.9. The van der Waals surface area contributed by atoms with Crippen LogP contribution in [0.5, 0.6) is 0 Å². The van der Waals surface area contributed by atoms with Crippen LogP contribution in [-0.2, 0) is 16.2 Å². The van der Waals surface area contributed by atoms with Crippen LogP contribution in [0.25, 0.3) is 0 Å². The summed E-state index contributed by atoms with van der Waals surface area (Å²) in [6.45, 7) is 0. The third-order valence-corrected chi connectivity index (χ3v) is 5.27. The minimum absolute atomic E-state index is 0.336. The topological polar surface area (TPSA) is 35.0 Å². The maximum absolute atomic E-state index is 6.25. The molecule has 0 saturated carbocycles. The molecule has 4 rings (SSSR count). The fraction of sp³-hybridized carbons (Fsp3) is 0.667. The lowest BCUT2D eigenvalue weighted by Gasteiger charge is -2.18. The Balaban J connectivity index is 1.73. The molecule has 0 radical (unpaired) electrons. The molecule has 4 heterocycles. The van der Waals surface area contributed by atoms with Crippen molar-refractivity contribution in [1.29, 1.82) is 0 Å². The molecule has 0 amide bonds. The number of ether oxygens (including phenoxy) is 1. The van der Waals surface area contributed by atoms with E-state index in [-0.39, 0.29) is 0 Å². The van der Waals surface area contributed by atoms with Gasteiger partial charge in [-0.25, -0.2) is 9.97 Å². The molecule has 90 valence electrons. The van der Waals surface area contributed by atoms with Gasteiger partial charge in [0, 0.05) is 23.0 Å². The van der Waals surface area contributed by atoms with E-state index in [1.807, 2.05) is 11.8 Å². The number of aromatic nitrogens is 2. The van der Waals surface area contributed by atoms with Crippen molar-refractivity contribution < 1.29 is 4.74 Å². The first-order valence-electron chi connectivity index (χ1n) is 6.09. The van der Waals surface area contributed by atoms with E-state index in [9.17, 15) is 0 Å². The fourth-order valence-corrected chi connectivity index (χ4v) is 4.49. The predicted octanol–water partition coefficient (Wildman–Crippen LogP) is 2.91. The predicted molar refractivity (Wildman–Crippen MR) is 67.3 cm³/mol. The smallest absolute Gasteiger partial charge is 0.137 e. The Hall–Kier alpha value is -0.320. The number of nitrogens with zero attached hydrogens (tertiary/aromatic N) is 2. The van der Waals surface area contributed by atoms with Crippen molar-refractivity contribution in [2.24, 2.45) is 0 Å². The second-order valence-electron chi connectivity index (χ2n) is 5.01. The number of thioether (sulfide) groups is 1. The summed E-state index contributed by atoms with van der Waals surface area (Å²) in [7, 11) is 0. The number of halogens is 1. The molecule has 0 spiro atoms. The molecule has 1 aromatic heterocycles. The third-order valence-electron chi connectivity index (χ3n) is 3.98. The number of hydrogen-bond donors (Lipinski definition) is 0. The van der Waals surface area contributed by atoms with Crippen LogP contribution in [0.1, 0.15) is 42.3 Å². The molecule has 5 heteroatoms. The van der Waals surface area contributed by atoms with Gasteiger partial charge >= 0.3 is 0 Å². The van der Waals surface area contributed by atoms with Crippen LogP contribution in [-0.4, -0.2) is 22.2 Å². The Morgan fingerprint density at radius 3 is 2.94 bits per heavy atom. The van der Waals surface area contributed by atoms with Gasteiger partial charge in [-0.2, -0.15) is 11.8 Å². The summed E-state index contributed by atoms with van der Waals surface area (Å²) in [6, 6.07) is 0. The van der Waals surface area contributed by atoms with Crippen LogP contribution in [0, 0.1) is 0 Å². The van der Waals surface area contributed by atoms with Crippen molar-refractivity contribution in [1.82, 2.24) is 9.97 Å². The SMILES string of the molecule is Clc1nc(C2CC3CCC2O3)nc2c1CSC2. The van der Waals surface area contributed by atoms with Crippen molar-refractivity contribution in [3.63, 3.8) is 0 Å². The first-order chi connectivity index (χ1) is 8.31. The maximum Gasteiger partial charge on any atom is 0.137 e. The van der Waals surface area contributed by atoms with Gasteiger partial charge < -0.3 is 4.74 Å². The minimum Gasteiger partial charge on any atom is -0.374 e. The van der Waals surface area contributed by atoms with E-state index in [0.29, 0.717) is 23.3 Å². The van der Waals surface area contributed by atoms with Crippen molar-refractivity contribution in [3.8, 4) is 0 Å². The van der Waals surface area contributed by atoms with Crippen molar-refractivity contribution in [2.45, 2.75) is 48.9 Å². The number of hydrogen-bond acceptors (Lipinski definition) is 4. The summed E-state index contributed by atoms with van der Waals surface area (Å²) in [6.07, 6.45) is 4.21. The molecule has 2 saturated heterocycles. The Bertz CT molecular complexity index is 482. The average molecular weight is 269 g/mol. The van der Waals surface area contributed by atoms with Crippen LogP contribution in [0.3, 0.4) is 0 Å². The minimum atomic E-state index is 0.336. The highest BCUT2D eigenvalue weighted by Gasteiger charge is 2.43. The molecule has 2 bridgehead atoms. The second kappa shape index (κ2) is 3.84. The lowest BCUT2D eigenvalue weighted by Crippen LogP contribution is -2.18. The van der Waals surface area contributed by atoms with Crippen molar-refractivity contribution in [2.75, 3.05) is 0 Å². The van der Waals surface area contributed by atoms with E-state index in [2.05, 4.69) is 4.98 Å². The molecular weight excluding hydrogens is 256 g/mol. The van der Waals surface area contributed by atoms with Gasteiger partial charge in [0.1, 0.15) is 11.0 Å². The maximum atomic E-state index is 6.25. The van der Waals surface area contributed by atoms with Gasteiger partial charge in [0.25, 0.3) is 0 Å². The van der Waals surface area contributed by atoms with Crippen LogP contribution in [0.15, 0.2) is 0 Å². The largest absolute Gasteiger partial charge is 0.374 e. The van der Waals surface area contributed by atoms with Crippen LogP contribution >= 0.6 is 23.4 Å². The quantitative estimate of drug-likeness (QED) is 0.734. The Morgan fingerprint density at radius 1 is 1.24 bits per heavy atom. The molecule has 0 aromatic carbocycles. The highest BCUT2D eigenvalue weighted by Crippen LogP contribution is 2.44. The van der Waals surface area contributed by atoms with Crippen molar-refractivity contribution in [3.05, 3.63) is 22.2 Å². The molecule has 3 nitrogen and oxygen atoms in total. The summed E-state index contributed by atoms with van der Waals surface area (Å²) >= 11 is 8.12. The lowest BCUT2D eigenvalue weighted by atomic mass is 9.88. The molecular formula is C12H13ClN2OS. The monoisotopic (exact) mass is 268 g/mol. The van der Waals surface area contributed by atoms with Crippen molar-refractivity contribution >= 4 is 23.4 Å². The average Bonchev–Trinajstić information content (AvgIpc) is 3.04. The van der Waals surface area contributed by atoms with Gasteiger partial charge in [-0.3, -0.25) is 0 Å². The molecule has 3 atom stereocenters. The Kier molecular flexibility index (Phi) is 2.39. The fourth-order valence-electron chi connectivity index (χ4n) is 3.11. The van der Waals surface area contributed by atoms with E-state index < -0.39 is 0 Å². The first kappa shape index (κ1) is 10.6. The van der Waals surface area contributed by atoms with Gasteiger partial charge in [-0.05, 0) is 19.3 Å². The lowest BCUT2D eigenvalue weighted by molar-refractivity contribution is 0.0998. The van der Waals surface area contributed by atoms with Gasteiger partial charge in [0.2, 0.25) is 0 Å². The second-order valence-corrected chi connectivity index (χ2v) is 6.35. The van der Waals surface area contributed by atoms with E-state index in [1.165, 1.54) is 6.42 Å². The number of fused-ring (bicyclic) bond motifs is 3. The van der Waals surface area contributed by atoms with E-state index in [1.54, 1.807) is 0 Å². The molecule has 3 aliphatic heterocycles. The van der Waals surface area contributed by atoms with E-state index in [0.717, 1.165) is 41.4 Å². The highest BCUT2D eigenvalue weighted by atomic mass is 35.5. The summed E-state index contributed by atoms with van der Waals surface area (Å²) in [4.78, 5) is 9.23. The molecule has 3 aliphatic rings. The van der Waals surface area contributed by atoms with Gasteiger partial charge in [0.05, 0.1) is 17.9 Å².